The summed E-state index contributed by atoms with van der Waals surface area (Å²) in [5.74, 6) is -1.19. The third-order valence-electron chi connectivity index (χ3n) is 5.95. The van der Waals surface area contributed by atoms with E-state index in [1.807, 2.05) is 60.7 Å². The number of hydrogen-bond donors (Lipinski definition) is 2. The summed E-state index contributed by atoms with van der Waals surface area (Å²) < 4.78 is 5.27. The molecule has 0 bridgehead atoms. The molecule has 1 fully saturated rings. The van der Waals surface area contributed by atoms with Gasteiger partial charge in [-0.25, -0.2) is 9.59 Å². The molecule has 2 aliphatic heterocycles. The summed E-state index contributed by atoms with van der Waals surface area (Å²) in [6.45, 7) is 2.23. The lowest BCUT2D eigenvalue weighted by atomic mass is 9.95. The third kappa shape index (κ3) is 5.75. The lowest BCUT2D eigenvalue weighted by Gasteiger charge is -2.35. The Kier molecular flexibility index (Phi) is 7.57. The number of benzene rings is 2. The molecule has 2 heterocycles. The van der Waals surface area contributed by atoms with Gasteiger partial charge in [0.2, 0.25) is 11.8 Å². The smallest absolute Gasteiger partial charge is 0.338 e. The minimum Gasteiger partial charge on any atom is -0.463 e. The number of esters is 1. The van der Waals surface area contributed by atoms with Crippen molar-refractivity contribution in [3.8, 4) is 0 Å². The summed E-state index contributed by atoms with van der Waals surface area (Å²) >= 11 is 0. The van der Waals surface area contributed by atoms with Gasteiger partial charge in [-0.15, -0.1) is 0 Å². The molecule has 0 saturated carbocycles. The molecule has 0 aliphatic carbocycles. The highest BCUT2D eigenvalue weighted by atomic mass is 16.5. The fourth-order valence-electron chi connectivity index (χ4n) is 4.31. The summed E-state index contributed by atoms with van der Waals surface area (Å²) in [5.41, 5.74) is 2.34. The first kappa shape index (κ1) is 24.2. The number of hydrogen-bond acceptors (Lipinski definition) is 6. The number of urea groups is 1. The molecule has 35 heavy (non-hydrogen) atoms. The van der Waals surface area contributed by atoms with Crippen LogP contribution in [0.25, 0.3) is 0 Å². The van der Waals surface area contributed by atoms with Gasteiger partial charge < -0.3 is 15.4 Å². The molecule has 2 aromatic rings. The van der Waals surface area contributed by atoms with Gasteiger partial charge in [0.15, 0.2) is 0 Å². The molecule has 2 N–H and O–H groups in total. The van der Waals surface area contributed by atoms with Gasteiger partial charge in [-0.05, 0) is 24.5 Å². The number of carbonyl (C=O) groups excluding carboxylic acids is 4. The van der Waals surface area contributed by atoms with Crippen molar-refractivity contribution >= 4 is 23.8 Å². The monoisotopic (exact) mass is 476 g/mol. The Balaban J connectivity index is 1.52. The Morgan fingerprint density at radius 2 is 1.60 bits per heavy atom. The molecule has 1 atom stereocenters. The zero-order chi connectivity index (χ0) is 24.8. The molecule has 9 heteroatoms. The van der Waals surface area contributed by atoms with Gasteiger partial charge in [0, 0.05) is 18.8 Å². The van der Waals surface area contributed by atoms with E-state index in [9.17, 15) is 19.2 Å². The molecule has 4 amide bonds. The maximum atomic E-state index is 12.9. The second-order valence-corrected chi connectivity index (χ2v) is 8.37. The quantitative estimate of drug-likeness (QED) is 0.444. The average molecular weight is 477 g/mol. The molecule has 0 unspecified atom stereocenters. The third-order valence-corrected chi connectivity index (χ3v) is 5.95. The number of carbonyl (C=O) groups is 4. The van der Waals surface area contributed by atoms with E-state index in [2.05, 4.69) is 10.6 Å². The SMILES string of the molecule is CCOC(=O)C1=C(CN2CC(=O)N(CCc3ccccc3)C(=O)C2)NC(=O)N[C@H]1c1ccccc1. The van der Waals surface area contributed by atoms with E-state index < -0.39 is 18.0 Å². The van der Waals surface area contributed by atoms with Crippen LogP contribution in [0, 0.1) is 0 Å². The van der Waals surface area contributed by atoms with E-state index in [0.29, 0.717) is 18.7 Å². The summed E-state index contributed by atoms with van der Waals surface area (Å²) in [6, 6.07) is 17.6. The van der Waals surface area contributed by atoms with Gasteiger partial charge in [0.25, 0.3) is 0 Å². The van der Waals surface area contributed by atoms with Crippen LogP contribution in [-0.4, -0.2) is 66.4 Å². The summed E-state index contributed by atoms with van der Waals surface area (Å²) in [6.07, 6.45) is 0.580. The number of rotatable bonds is 8. The number of piperazine rings is 1. The number of nitrogens with one attached hydrogen (secondary N) is 2. The first-order valence-electron chi connectivity index (χ1n) is 11.6. The van der Waals surface area contributed by atoms with Crippen LogP contribution in [0.3, 0.4) is 0 Å². The van der Waals surface area contributed by atoms with Crippen molar-refractivity contribution < 1.29 is 23.9 Å². The van der Waals surface area contributed by atoms with E-state index in [1.165, 1.54) is 4.90 Å². The summed E-state index contributed by atoms with van der Waals surface area (Å²) in [4.78, 5) is 53.9. The van der Waals surface area contributed by atoms with Gasteiger partial charge in [-0.3, -0.25) is 19.4 Å². The summed E-state index contributed by atoms with van der Waals surface area (Å²) in [5, 5.41) is 5.47. The van der Waals surface area contributed by atoms with Crippen molar-refractivity contribution in [1.82, 2.24) is 20.4 Å². The standard InChI is InChI=1S/C26H28N4O5/c1-2-35-25(33)23-20(27-26(34)28-24(23)19-11-7-4-8-12-19)15-29-16-21(31)30(22(32)17-29)14-13-18-9-5-3-6-10-18/h3-12,24H,2,13-17H2,1H3,(H2,27,28,34)/t24-/m0/s1. The lowest BCUT2D eigenvalue weighted by Crippen LogP contribution is -2.56. The van der Waals surface area contributed by atoms with Crippen LogP contribution in [0.4, 0.5) is 4.79 Å². The van der Waals surface area contributed by atoms with Crippen LogP contribution in [0.1, 0.15) is 24.1 Å². The Bertz CT molecular complexity index is 1110. The van der Waals surface area contributed by atoms with Crippen molar-refractivity contribution in [1.29, 1.82) is 0 Å². The highest BCUT2D eigenvalue weighted by Crippen LogP contribution is 2.28. The van der Waals surface area contributed by atoms with Gasteiger partial charge in [0.05, 0.1) is 31.3 Å². The zero-order valence-electron chi connectivity index (χ0n) is 19.5. The van der Waals surface area contributed by atoms with Crippen molar-refractivity contribution in [3.63, 3.8) is 0 Å². The molecule has 4 rings (SSSR count). The molecule has 0 spiro atoms. The van der Waals surface area contributed by atoms with Crippen molar-refractivity contribution in [3.05, 3.63) is 83.1 Å². The fourth-order valence-corrected chi connectivity index (χ4v) is 4.31. The van der Waals surface area contributed by atoms with E-state index in [4.69, 9.17) is 4.74 Å². The second-order valence-electron chi connectivity index (χ2n) is 8.37. The molecular formula is C26H28N4O5. The van der Waals surface area contributed by atoms with Crippen LogP contribution < -0.4 is 10.6 Å². The fraction of sp³-hybridized carbons (Fsp3) is 0.308. The Labute approximate surface area is 203 Å². The minimum atomic E-state index is -0.711. The minimum absolute atomic E-state index is 0.000558. The molecule has 0 aromatic heterocycles. The molecule has 182 valence electrons. The van der Waals surface area contributed by atoms with E-state index in [-0.39, 0.29) is 43.6 Å². The van der Waals surface area contributed by atoms with Crippen LogP contribution in [0.2, 0.25) is 0 Å². The van der Waals surface area contributed by atoms with E-state index in [0.717, 1.165) is 11.1 Å². The van der Waals surface area contributed by atoms with Crippen LogP contribution in [0.15, 0.2) is 71.9 Å². The molecule has 2 aliphatic rings. The average Bonchev–Trinajstić information content (AvgIpc) is 2.84. The van der Waals surface area contributed by atoms with Gasteiger partial charge in [-0.1, -0.05) is 60.7 Å². The normalized spacial score (nSPS) is 18.8. The van der Waals surface area contributed by atoms with Gasteiger partial charge >= 0.3 is 12.0 Å². The first-order valence-corrected chi connectivity index (χ1v) is 11.6. The zero-order valence-corrected chi connectivity index (χ0v) is 19.5. The van der Waals surface area contributed by atoms with E-state index >= 15 is 0 Å². The predicted molar refractivity (Wildman–Crippen MR) is 128 cm³/mol. The topological polar surface area (TPSA) is 108 Å². The molecule has 9 nitrogen and oxygen atoms in total. The van der Waals surface area contributed by atoms with Gasteiger partial charge in [0.1, 0.15) is 0 Å². The maximum absolute atomic E-state index is 12.9. The largest absolute Gasteiger partial charge is 0.463 e. The van der Waals surface area contributed by atoms with Crippen molar-refractivity contribution in [2.75, 3.05) is 32.8 Å². The number of nitrogens with zero attached hydrogens (tertiary/aromatic N) is 2. The molecular weight excluding hydrogens is 448 g/mol. The number of amides is 4. The van der Waals surface area contributed by atoms with Crippen molar-refractivity contribution in [2.45, 2.75) is 19.4 Å². The Morgan fingerprint density at radius 3 is 2.23 bits per heavy atom. The number of imide groups is 1. The van der Waals surface area contributed by atoms with Crippen molar-refractivity contribution in [2.24, 2.45) is 0 Å². The predicted octanol–water partition coefficient (Wildman–Crippen LogP) is 1.77. The lowest BCUT2D eigenvalue weighted by molar-refractivity contribution is -0.151. The Morgan fingerprint density at radius 1 is 0.971 bits per heavy atom. The first-order chi connectivity index (χ1) is 17.0. The van der Waals surface area contributed by atoms with Crippen LogP contribution in [0.5, 0.6) is 0 Å². The molecule has 0 radical (unpaired) electrons. The van der Waals surface area contributed by atoms with E-state index in [1.54, 1.807) is 11.8 Å². The Hall–Kier alpha value is -3.98. The maximum Gasteiger partial charge on any atom is 0.338 e. The second kappa shape index (κ2) is 11.0. The highest BCUT2D eigenvalue weighted by molar-refractivity contribution is 5.99. The highest BCUT2D eigenvalue weighted by Gasteiger charge is 2.36. The van der Waals surface area contributed by atoms with Gasteiger partial charge in [-0.2, -0.15) is 0 Å². The molecule has 1 saturated heterocycles. The number of ether oxygens (including phenoxy) is 1. The van der Waals surface area contributed by atoms with Crippen LogP contribution in [-0.2, 0) is 25.5 Å². The summed E-state index contributed by atoms with van der Waals surface area (Å²) in [7, 11) is 0. The van der Waals surface area contributed by atoms with Crippen LogP contribution >= 0.6 is 0 Å². The molecule has 2 aromatic carbocycles.